The van der Waals surface area contributed by atoms with Crippen LogP contribution in [0.2, 0.25) is 5.02 Å². The Balaban J connectivity index is 1.56. The Morgan fingerprint density at radius 1 is 0.879 bits per heavy atom. The first-order valence-electron chi connectivity index (χ1n) is 11.5. The molecule has 172 valence electrons. The van der Waals surface area contributed by atoms with Gasteiger partial charge in [0, 0.05) is 28.0 Å². The highest BCUT2D eigenvalue weighted by molar-refractivity contribution is 7.09. The minimum absolute atomic E-state index is 0.0276. The van der Waals surface area contributed by atoms with Crippen LogP contribution < -0.4 is 0 Å². The zero-order valence-electron chi connectivity index (χ0n) is 18.7. The van der Waals surface area contributed by atoms with Gasteiger partial charge in [0.1, 0.15) is 6.54 Å². The summed E-state index contributed by atoms with van der Waals surface area (Å²) in [5.74, 6) is -0.122. The summed E-state index contributed by atoms with van der Waals surface area (Å²) in [5.41, 5.74) is 1.65. The first-order valence-corrected chi connectivity index (χ1v) is 12.8. The average molecular weight is 481 g/mol. The van der Waals surface area contributed by atoms with Gasteiger partial charge < -0.3 is 9.80 Å². The molecule has 33 heavy (non-hydrogen) atoms. The number of benzene rings is 2. The molecule has 4 nitrogen and oxygen atoms in total. The predicted molar refractivity (Wildman–Crippen MR) is 134 cm³/mol. The lowest BCUT2D eigenvalue weighted by Crippen LogP contribution is -2.48. The van der Waals surface area contributed by atoms with Gasteiger partial charge in [0.25, 0.3) is 5.91 Å². The van der Waals surface area contributed by atoms with Crippen LogP contribution >= 0.6 is 22.9 Å². The van der Waals surface area contributed by atoms with Gasteiger partial charge in [-0.15, -0.1) is 11.3 Å². The summed E-state index contributed by atoms with van der Waals surface area (Å²) in [5, 5.41) is 2.62. The molecule has 4 rings (SSSR count). The molecule has 1 aromatic heterocycles. The topological polar surface area (TPSA) is 40.6 Å². The second kappa shape index (κ2) is 11.5. The van der Waals surface area contributed by atoms with Crippen LogP contribution in [0.25, 0.3) is 0 Å². The molecule has 1 aliphatic rings. The summed E-state index contributed by atoms with van der Waals surface area (Å²) in [6.45, 7) is 1.15. The van der Waals surface area contributed by atoms with Gasteiger partial charge in [-0.1, -0.05) is 67.3 Å². The maximum Gasteiger partial charge on any atom is 0.254 e. The van der Waals surface area contributed by atoms with Crippen molar-refractivity contribution in [2.24, 2.45) is 0 Å². The first kappa shape index (κ1) is 23.5. The van der Waals surface area contributed by atoms with Gasteiger partial charge in [0.2, 0.25) is 5.91 Å². The molecule has 0 bridgehead atoms. The smallest absolute Gasteiger partial charge is 0.254 e. The summed E-state index contributed by atoms with van der Waals surface area (Å²) in [4.78, 5) is 31.9. The Morgan fingerprint density at radius 2 is 1.61 bits per heavy atom. The highest BCUT2D eigenvalue weighted by Gasteiger charge is 2.30. The second-order valence-corrected chi connectivity index (χ2v) is 10.0. The molecule has 1 saturated carbocycles. The van der Waals surface area contributed by atoms with E-state index in [4.69, 9.17) is 11.6 Å². The van der Waals surface area contributed by atoms with Crippen molar-refractivity contribution in [2.75, 3.05) is 6.54 Å². The van der Waals surface area contributed by atoms with E-state index in [1.807, 2.05) is 52.7 Å². The molecular weight excluding hydrogens is 452 g/mol. The lowest BCUT2D eigenvalue weighted by Gasteiger charge is -2.35. The summed E-state index contributed by atoms with van der Waals surface area (Å²) in [6.07, 6.45) is 5.25. The van der Waals surface area contributed by atoms with Crippen LogP contribution in [-0.2, 0) is 17.9 Å². The summed E-state index contributed by atoms with van der Waals surface area (Å²) < 4.78 is 0. The Kier molecular flexibility index (Phi) is 8.19. The van der Waals surface area contributed by atoms with Crippen molar-refractivity contribution >= 4 is 34.8 Å². The van der Waals surface area contributed by atoms with Gasteiger partial charge in [0.15, 0.2) is 0 Å². The van der Waals surface area contributed by atoms with Crippen molar-refractivity contribution in [1.29, 1.82) is 0 Å². The number of halogens is 1. The Labute approximate surface area is 204 Å². The fourth-order valence-corrected chi connectivity index (χ4v) is 5.24. The number of rotatable bonds is 8. The summed E-state index contributed by atoms with van der Waals surface area (Å²) >= 11 is 7.67. The van der Waals surface area contributed by atoms with E-state index in [-0.39, 0.29) is 24.4 Å². The molecule has 0 unspecified atom stereocenters. The van der Waals surface area contributed by atoms with Crippen LogP contribution in [0, 0.1) is 0 Å². The third-order valence-electron chi connectivity index (χ3n) is 6.17. The van der Waals surface area contributed by atoms with E-state index in [0.29, 0.717) is 23.7 Å². The van der Waals surface area contributed by atoms with E-state index in [1.165, 1.54) is 6.42 Å². The standard InChI is InChI=1S/C27H29ClN2O2S/c28-23-15-13-22(14-16-23)27(32)30(24-10-5-2-6-11-24)20-26(31)29(19-25-12-7-17-33-25)18-21-8-3-1-4-9-21/h1,3-4,7-9,12-17,24H,2,5-6,10-11,18-20H2. The van der Waals surface area contributed by atoms with E-state index in [0.717, 1.165) is 36.1 Å². The number of hydrogen-bond donors (Lipinski definition) is 0. The molecule has 0 atom stereocenters. The number of carbonyl (C=O) groups excluding carboxylic acids is 2. The van der Waals surface area contributed by atoms with Crippen LogP contribution in [0.3, 0.4) is 0 Å². The third-order valence-corrected chi connectivity index (χ3v) is 7.28. The molecule has 0 aliphatic heterocycles. The second-order valence-electron chi connectivity index (χ2n) is 8.55. The van der Waals surface area contributed by atoms with Crippen molar-refractivity contribution in [3.63, 3.8) is 0 Å². The summed E-state index contributed by atoms with van der Waals surface area (Å²) in [6, 6.07) is 21.1. The third kappa shape index (κ3) is 6.46. The average Bonchev–Trinajstić information content (AvgIpc) is 3.36. The van der Waals surface area contributed by atoms with E-state index >= 15 is 0 Å². The summed E-state index contributed by atoms with van der Waals surface area (Å²) in [7, 11) is 0. The molecule has 2 amide bonds. The van der Waals surface area contributed by atoms with E-state index < -0.39 is 0 Å². The highest BCUT2D eigenvalue weighted by atomic mass is 35.5. The molecule has 0 N–H and O–H groups in total. The van der Waals surface area contributed by atoms with E-state index in [2.05, 4.69) is 0 Å². The molecule has 2 aromatic carbocycles. The van der Waals surface area contributed by atoms with Crippen molar-refractivity contribution in [3.8, 4) is 0 Å². The Morgan fingerprint density at radius 3 is 2.27 bits per heavy atom. The quantitative estimate of drug-likeness (QED) is 0.374. The van der Waals surface area contributed by atoms with Crippen LogP contribution in [0.15, 0.2) is 72.1 Å². The predicted octanol–water partition coefficient (Wildman–Crippen LogP) is 6.41. The van der Waals surface area contributed by atoms with Crippen molar-refractivity contribution in [2.45, 2.75) is 51.2 Å². The molecule has 1 aliphatic carbocycles. The van der Waals surface area contributed by atoms with Crippen molar-refractivity contribution < 1.29 is 9.59 Å². The minimum Gasteiger partial charge on any atom is -0.332 e. The SMILES string of the molecule is O=C(CN(C(=O)c1ccc(Cl)cc1)C1CCCCC1)N(Cc1ccccc1)Cc1cccs1. The molecule has 1 fully saturated rings. The van der Waals surface area contributed by atoms with Gasteiger partial charge in [-0.2, -0.15) is 0 Å². The zero-order valence-corrected chi connectivity index (χ0v) is 20.2. The van der Waals surface area contributed by atoms with Gasteiger partial charge >= 0.3 is 0 Å². The largest absolute Gasteiger partial charge is 0.332 e. The fourth-order valence-electron chi connectivity index (χ4n) is 4.39. The normalized spacial score (nSPS) is 14.1. The fraction of sp³-hybridized carbons (Fsp3) is 0.333. The molecule has 0 radical (unpaired) electrons. The number of carbonyl (C=O) groups is 2. The molecule has 3 aromatic rings. The highest BCUT2D eigenvalue weighted by Crippen LogP contribution is 2.25. The molecule has 0 saturated heterocycles. The number of thiophene rings is 1. The minimum atomic E-state index is -0.0947. The molecule has 0 spiro atoms. The maximum atomic E-state index is 13.6. The number of nitrogens with zero attached hydrogens (tertiary/aromatic N) is 2. The van der Waals surface area contributed by atoms with Crippen LogP contribution in [-0.4, -0.2) is 34.2 Å². The molecule has 6 heteroatoms. The van der Waals surface area contributed by atoms with Gasteiger partial charge in [-0.05, 0) is 54.1 Å². The molecule has 1 heterocycles. The van der Waals surface area contributed by atoms with Gasteiger partial charge in [-0.3, -0.25) is 9.59 Å². The van der Waals surface area contributed by atoms with Crippen molar-refractivity contribution in [1.82, 2.24) is 9.80 Å². The first-order chi connectivity index (χ1) is 16.1. The lowest BCUT2D eigenvalue weighted by molar-refractivity contribution is -0.133. The lowest BCUT2D eigenvalue weighted by atomic mass is 9.93. The van der Waals surface area contributed by atoms with E-state index in [9.17, 15) is 9.59 Å². The Bertz CT molecular complexity index is 1030. The van der Waals surface area contributed by atoms with Gasteiger partial charge in [-0.25, -0.2) is 0 Å². The number of amides is 2. The molecular formula is C27H29ClN2O2S. The van der Waals surface area contributed by atoms with Crippen LogP contribution in [0.4, 0.5) is 0 Å². The van der Waals surface area contributed by atoms with Crippen LogP contribution in [0.5, 0.6) is 0 Å². The van der Waals surface area contributed by atoms with Crippen molar-refractivity contribution in [3.05, 3.63) is 93.1 Å². The van der Waals surface area contributed by atoms with E-state index in [1.54, 1.807) is 40.5 Å². The van der Waals surface area contributed by atoms with Gasteiger partial charge in [0.05, 0.1) is 6.54 Å². The Hall–Kier alpha value is -2.63. The zero-order chi connectivity index (χ0) is 23.0. The maximum absolute atomic E-state index is 13.6. The number of hydrogen-bond acceptors (Lipinski definition) is 3. The van der Waals surface area contributed by atoms with Crippen LogP contribution in [0.1, 0.15) is 52.9 Å². The monoisotopic (exact) mass is 480 g/mol.